The molecule has 3 heteroatoms. The molecule has 1 amide bonds. The average Bonchev–Trinajstić information content (AvgIpc) is 2.72. The molecule has 2 nitrogen and oxygen atoms in total. The van der Waals surface area contributed by atoms with Gasteiger partial charge in [-0.2, -0.15) is 0 Å². The van der Waals surface area contributed by atoms with Crippen LogP contribution in [0.1, 0.15) is 50.4 Å². The summed E-state index contributed by atoms with van der Waals surface area (Å²) in [4.78, 5) is 12.4. The van der Waals surface area contributed by atoms with Crippen LogP contribution in [0.5, 0.6) is 0 Å². The number of hydrogen-bond acceptors (Lipinski definition) is 1. The minimum atomic E-state index is 0.0796. The number of carbonyl (C=O) groups excluding carboxylic acids is 1. The first-order chi connectivity index (χ1) is 9.34. The molecule has 20 heavy (non-hydrogen) atoms. The summed E-state index contributed by atoms with van der Waals surface area (Å²) in [7, 11) is 0. The molecule has 2 aliphatic carbocycles. The maximum Gasteiger partial charge on any atom is 0.251 e. The number of amides is 1. The highest BCUT2D eigenvalue weighted by molar-refractivity contribution is 14.1. The molecule has 1 aromatic rings. The zero-order chi connectivity index (χ0) is 14.5. The highest BCUT2D eigenvalue weighted by Gasteiger charge is 2.61. The van der Waals surface area contributed by atoms with Crippen LogP contribution in [0.15, 0.2) is 24.3 Å². The van der Waals surface area contributed by atoms with E-state index >= 15 is 0 Å². The standard InChI is InChI=1S/C17H22INO/c1-16(2)12-8-9-17(16,3)14(10-12)19-15(20)11-4-6-13(18)7-5-11/h4-7,12,14H,8-10H2,1-3H3,(H,19,20). The van der Waals surface area contributed by atoms with Crippen LogP contribution in [0.2, 0.25) is 0 Å². The van der Waals surface area contributed by atoms with Crippen molar-refractivity contribution >= 4 is 28.5 Å². The fraction of sp³-hybridized carbons (Fsp3) is 0.588. The molecule has 3 atom stereocenters. The second kappa shape index (κ2) is 4.72. The predicted octanol–water partition coefficient (Wildman–Crippen LogP) is 4.24. The zero-order valence-corrected chi connectivity index (χ0v) is 14.5. The van der Waals surface area contributed by atoms with Gasteiger partial charge in [0.15, 0.2) is 0 Å². The Labute approximate surface area is 134 Å². The molecule has 0 aliphatic heterocycles. The van der Waals surface area contributed by atoms with Crippen LogP contribution < -0.4 is 5.32 Å². The van der Waals surface area contributed by atoms with Crippen LogP contribution in [0.25, 0.3) is 0 Å². The minimum absolute atomic E-state index is 0.0796. The fourth-order valence-electron chi connectivity index (χ4n) is 4.26. The van der Waals surface area contributed by atoms with E-state index in [-0.39, 0.29) is 11.3 Å². The normalized spacial score (nSPS) is 34.2. The van der Waals surface area contributed by atoms with Crippen LogP contribution in [0, 0.1) is 20.3 Å². The molecule has 2 saturated carbocycles. The molecule has 0 saturated heterocycles. The second-order valence-electron chi connectivity index (χ2n) is 7.14. The van der Waals surface area contributed by atoms with E-state index in [1.54, 1.807) is 0 Å². The summed E-state index contributed by atoms with van der Waals surface area (Å²) < 4.78 is 1.16. The molecule has 108 valence electrons. The summed E-state index contributed by atoms with van der Waals surface area (Å²) in [5, 5.41) is 3.30. The van der Waals surface area contributed by atoms with Gasteiger partial charge >= 0.3 is 0 Å². The number of benzene rings is 1. The van der Waals surface area contributed by atoms with Crippen LogP contribution >= 0.6 is 22.6 Å². The van der Waals surface area contributed by atoms with E-state index in [1.165, 1.54) is 12.8 Å². The van der Waals surface area contributed by atoms with E-state index in [9.17, 15) is 4.79 Å². The molecule has 0 aromatic heterocycles. The number of halogens is 1. The van der Waals surface area contributed by atoms with E-state index in [0.717, 1.165) is 21.5 Å². The number of hydrogen-bond donors (Lipinski definition) is 1. The molecular weight excluding hydrogens is 361 g/mol. The van der Waals surface area contributed by atoms with Crippen molar-refractivity contribution in [2.24, 2.45) is 16.7 Å². The fourth-order valence-corrected chi connectivity index (χ4v) is 4.62. The van der Waals surface area contributed by atoms with Crippen molar-refractivity contribution in [1.82, 2.24) is 5.32 Å². The Morgan fingerprint density at radius 3 is 2.40 bits per heavy atom. The molecule has 0 heterocycles. The van der Waals surface area contributed by atoms with Gasteiger partial charge in [-0.25, -0.2) is 0 Å². The van der Waals surface area contributed by atoms with Gasteiger partial charge in [-0.05, 0) is 82.9 Å². The molecule has 2 fully saturated rings. The van der Waals surface area contributed by atoms with Crippen LogP contribution in [0.4, 0.5) is 0 Å². The van der Waals surface area contributed by atoms with Gasteiger partial charge in [0, 0.05) is 15.2 Å². The van der Waals surface area contributed by atoms with Gasteiger partial charge in [0.05, 0.1) is 0 Å². The summed E-state index contributed by atoms with van der Waals surface area (Å²) in [6, 6.07) is 8.13. The van der Waals surface area contributed by atoms with E-state index in [1.807, 2.05) is 24.3 Å². The lowest BCUT2D eigenvalue weighted by Crippen LogP contribution is -2.46. The minimum Gasteiger partial charge on any atom is -0.349 e. The van der Waals surface area contributed by atoms with Crippen molar-refractivity contribution in [3.8, 4) is 0 Å². The highest BCUT2D eigenvalue weighted by atomic mass is 127. The lowest BCUT2D eigenvalue weighted by atomic mass is 9.69. The van der Waals surface area contributed by atoms with E-state index < -0.39 is 0 Å². The molecular formula is C17H22INO. The van der Waals surface area contributed by atoms with Gasteiger partial charge in [-0.3, -0.25) is 4.79 Å². The maximum absolute atomic E-state index is 12.4. The zero-order valence-electron chi connectivity index (χ0n) is 12.4. The Morgan fingerprint density at radius 2 is 1.90 bits per heavy atom. The number of carbonyl (C=O) groups is 1. The molecule has 2 aliphatic rings. The van der Waals surface area contributed by atoms with Crippen molar-refractivity contribution < 1.29 is 4.79 Å². The second-order valence-corrected chi connectivity index (χ2v) is 8.39. The Morgan fingerprint density at radius 1 is 1.25 bits per heavy atom. The largest absolute Gasteiger partial charge is 0.349 e. The summed E-state index contributed by atoms with van der Waals surface area (Å²) >= 11 is 2.26. The molecule has 3 unspecified atom stereocenters. The van der Waals surface area contributed by atoms with Gasteiger partial charge in [0.2, 0.25) is 0 Å². The van der Waals surface area contributed by atoms with Gasteiger partial charge in [-0.15, -0.1) is 0 Å². The Bertz CT molecular complexity index is 536. The monoisotopic (exact) mass is 383 g/mol. The number of rotatable bonds is 2. The average molecular weight is 383 g/mol. The van der Waals surface area contributed by atoms with Crippen molar-refractivity contribution in [3.63, 3.8) is 0 Å². The first kappa shape index (κ1) is 14.4. The van der Waals surface area contributed by atoms with Crippen LogP contribution in [-0.2, 0) is 0 Å². The Kier molecular flexibility index (Phi) is 3.39. The summed E-state index contributed by atoms with van der Waals surface area (Å²) in [5.41, 5.74) is 1.36. The van der Waals surface area contributed by atoms with E-state index in [4.69, 9.17) is 0 Å². The predicted molar refractivity (Wildman–Crippen MR) is 89.6 cm³/mol. The summed E-state index contributed by atoms with van der Waals surface area (Å²) in [6.07, 6.45) is 3.70. The first-order valence-electron chi connectivity index (χ1n) is 7.41. The van der Waals surface area contributed by atoms with Crippen molar-refractivity contribution in [2.75, 3.05) is 0 Å². The molecule has 1 aromatic carbocycles. The quantitative estimate of drug-likeness (QED) is 0.761. The van der Waals surface area contributed by atoms with Crippen molar-refractivity contribution in [3.05, 3.63) is 33.4 Å². The van der Waals surface area contributed by atoms with E-state index in [2.05, 4.69) is 48.7 Å². The third-order valence-electron chi connectivity index (χ3n) is 6.21. The third-order valence-corrected chi connectivity index (χ3v) is 6.92. The third kappa shape index (κ3) is 2.00. The maximum atomic E-state index is 12.4. The molecule has 1 N–H and O–H groups in total. The molecule has 0 radical (unpaired) electrons. The molecule has 0 spiro atoms. The van der Waals surface area contributed by atoms with Gasteiger partial charge in [0.1, 0.15) is 0 Å². The lowest BCUT2D eigenvalue weighted by Gasteiger charge is -2.39. The number of fused-ring (bicyclic) bond motifs is 2. The topological polar surface area (TPSA) is 29.1 Å². The van der Waals surface area contributed by atoms with Crippen molar-refractivity contribution in [2.45, 2.75) is 46.1 Å². The van der Waals surface area contributed by atoms with Crippen molar-refractivity contribution in [1.29, 1.82) is 0 Å². The van der Waals surface area contributed by atoms with Crippen LogP contribution in [-0.4, -0.2) is 11.9 Å². The van der Waals surface area contributed by atoms with Gasteiger partial charge in [0.25, 0.3) is 5.91 Å². The Balaban J connectivity index is 1.76. The highest BCUT2D eigenvalue weighted by Crippen LogP contribution is 2.65. The smallest absolute Gasteiger partial charge is 0.251 e. The summed E-state index contributed by atoms with van der Waals surface area (Å²) in [6.45, 7) is 7.11. The SMILES string of the molecule is CC1(C)C2CCC1(C)C(NC(=O)c1ccc(I)cc1)C2. The van der Waals surface area contributed by atoms with E-state index in [0.29, 0.717) is 11.5 Å². The van der Waals surface area contributed by atoms with Crippen LogP contribution in [0.3, 0.4) is 0 Å². The molecule has 3 rings (SSSR count). The number of nitrogens with one attached hydrogen (secondary N) is 1. The molecule has 2 bridgehead atoms. The van der Waals surface area contributed by atoms with Gasteiger partial charge in [-0.1, -0.05) is 20.8 Å². The lowest BCUT2D eigenvalue weighted by molar-refractivity contribution is 0.0826. The first-order valence-corrected chi connectivity index (χ1v) is 8.49. The Hall–Kier alpha value is -0.580. The summed E-state index contributed by atoms with van der Waals surface area (Å²) in [5.74, 6) is 0.838. The van der Waals surface area contributed by atoms with Gasteiger partial charge < -0.3 is 5.32 Å².